The number of benzene rings is 4. The first-order valence-corrected chi connectivity index (χ1v) is 12.2. The maximum Gasteiger partial charge on any atom is 0.279 e. The Kier molecular flexibility index (Phi) is 5.27. The summed E-state index contributed by atoms with van der Waals surface area (Å²) in [6.45, 7) is 1.95. The number of aryl methyl sites for hydroxylation is 1. The molecular weight excluding hydrogens is 416 g/mol. The highest BCUT2D eigenvalue weighted by Crippen LogP contribution is 2.31. The lowest BCUT2D eigenvalue weighted by atomic mass is 9.96. The number of nitrogens with zero attached hydrogens (tertiary/aromatic N) is 2. The van der Waals surface area contributed by atoms with Crippen molar-refractivity contribution >= 4 is 26.5 Å². The maximum absolute atomic E-state index is 13.6. The van der Waals surface area contributed by atoms with Crippen molar-refractivity contribution in [3.63, 3.8) is 0 Å². The van der Waals surface area contributed by atoms with Crippen molar-refractivity contribution in [2.24, 2.45) is 5.10 Å². The largest absolute Gasteiger partial charge is 0.279 e. The Labute approximate surface area is 188 Å². The maximum atomic E-state index is 13.6. The molecule has 160 valence electrons. The third-order valence-electron chi connectivity index (χ3n) is 5.97. The molecule has 0 amide bonds. The van der Waals surface area contributed by atoms with E-state index in [9.17, 15) is 8.42 Å². The lowest BCUT2D eigenvalue weighted by Gasteiger charge is -2.24. The van der Waals surface area contributed by atoms with Crippen LogP contribution in [0.4, 0.5) is 0 Å². The zero-order valence-corrected chi connectivity index (χ0v) is 18.7. The molecule has 1 unspecified atom stereocenters. The normalized spacial score (nSPS) is 16.3. The smallest absolute Gasteiger partial charge is 0.200 e. The van der Waals surface area contributed by atoms with E-state index in [1.165, 1.54) is 4.41 Å². The molecule has 4 aromatic rings. The monoisotopic (exact) mass is 440 g/mol. The van der Waals surface area contributed by atoms with Crippen molar-refractivity contribution in [2.45, 2.75) is 30.7 Å². The molecule has 32 heavy (non-hydrogen) atoms. The molecule has 0 saturated carbocycles. The zero-order chi connectivity index (χ0) is 22.1. The summed E-state index contributed by atoms with van der Waals surface area (Å²) in [5.41, 5.74) is 3.90. The highest BCUT2D eigenvalue weighted by Gasteiger charge is 2.37. The molecule has 0 spiro atoms. The molecule has 0 aliphatic carbocycles. The fourth-order valence-corrected chi connectivity index (χ4v) is 5.74. The lowest BCUT2D eigenvalue weighted by molar-refractivity contribution is 0.362. The number of fused-ring (bicyclic) bond motifs is 1. The van der Waals surface area contributed by atoms with Gasteiger partial charge >= 0.3 is 0 Å². The van der Waals surface area contributed by atoms with E-state index in [0.29, 0.717) is 12.8 Å². The summed E-state index contributed by atoms with van der Waals surface area (Å²) >= 11 is 0. The van der Waals surface area contributed by atoms with E-state index < -0.39 is 10.0 Å². The van der Waals surface area contributed by atoms with Crippen LogP contribution in [0, 0.1) is 6.92 Å². The average Bonchev–Trinajstić information content (AvgIpc) is 3.25. The van der Waals surface area contributed by atoms with E-state index in [2.05, 4.69) is 29.4 Å². The Morgan fingerprint density at radius 2 is 1.53 bits per heavy atom. The van der Waals surface area contributed by atoms with Crippen LogP contribution >= 0.6 is 0 Å². The van der Waals surface area contributed by atoms with E-state index in [1.807, 2.05) is 67.6 Å². The summed E-state index contributed by atoms with van der Waals surface area (Å²) in [5.74, 6) is 0. The molecule has 1 aliphatic rings. The molecule has 1 atom stereocenters. The van der Waals surface area contributed by atoms with Crippen LogP contribution < -0.4 is 0 Å². The van der Waals surface area contributed by atoms with Gasteiger partial charge in [0, 0.05) is 6.42 Å². The Hall–Kier alpha value is -3.44. The number of sulfonamides is 1. The molecule has 0 aromatic heterocycles. The predicted molar refractivity (Wildman–Crippen MR) is 129 cm³/mol. The summed E-state index contributed by atoms with van der Waals surface area (Å²) < 4.78 is 28.5. The van der Waals surface area contributed by atoms with Gasteiger partial charge in [0.15, 0.2) is 0 Å². The van der Waals surface area contributed by atoms with E-state index in [1.54, 1.807) is 12.1 Å². The standard InChI is InChI=1S/C27H24N2O2S/c1-20-14-16-25(17-15-20)32(30,31)29-24(19-27(28-29)22-9-3-2-4-10-22)18-23-12-7-11-21-8-5-6-13-26(21)23/h2-17,24H,18-19H2,1H3. The van der Waals surface area contributed by atoms with E-state index >= 15 is 0 Å². The van der Waals surface area contributed by atoms with Crippen LogP contribution in [0.5, 0.6) is 0 Å². The quantitative estimate of drug-likeness (QED) is 0.408. The van der Waals surface area contributed by atoms with E-state index in [-0.39, 0.29) is 10.9 Å². The summed E-state index contributed by atoms with van der Waals surface area (Å²) in [5, 5.41) is 6.95. The lowest BCUT2D eigenvalue weighted by Crippen LogP contribution is -2.34. The summed E-state index contributed by atoms with van der Waals surface area (Å²) in [6.07, 6.45) is 1.16. The molecule has 4 nitrogen and oxygen atoms in total. The minimum absolute atomic E-state index is 0.268. The predicted octanol–water partition coefficient (Wildman–Crippen LogP) is 5.56. The van der Waals surface area contributed by atoms with Gasteiger partial charge < -0.3 is 0 Å². The van der Waals surface area contributed by atoms with Crippen LogP contribution in [0.25, 0.3) is 10.8 Å². The van der Waals surface area contributed by atoms with Gasteiger partial charge in [-0.3, -0.25) is 0 Å². The van der Waals surface area contributed by atoms with E-state index in [0.717, 1.165) is 33.2 Å². The van der Waals surface area contributed by atoms with Crippen LogP contribution in [0.2, 0.25) is 0 Å². The number of rotatable bonds is 5. The van der Waals surface area contributed by atoms with Crippen LogP contribution in [0.3, 0.4) is 0 Å². The zero-order valence-electron chi connectivity index (χ0n) is 17.8. The number of hydrazone groups is 1. The molecule has 5 heteroatoms. The molecule has 5 rings (SSSR count). The molecular formula is C27H24N2O2S. The first kappa shape index (κ1) is 20.5. The first-order valence-electron chi connectivity index (χ1n) is 10.7. The van der Waals surface area contributed by atoms with Gasteiger partial charge in [0.2, 0.25) is 0 Å². The van der Waals surface area contributed by atoms with Gasteiger partial charge in [-0.15, -0.1) is 0 Å². The van der Waals surface area contributed by atoms with Gasteiger partial charge in [0.25, 0.3) is 10.0 Å². The third-order valence-corrected chi connectivity index (χ3v) is 7.71. The van der Waals surface area contributed by atoms with Gasteiger partial charge in [0.05, 0.1) is 16.6 Å². The second kappa shape index (κ2) is 8.24. The van der Waals surface area contributed by atoms with Crippen molar-refractivity contribution in [2.75, 3.05) is 0 Å². The van der Waals surface area contributed by atoms with Crippen molar-refractivity contribution in [3.05, 3.63) is 114 Å². The van der Waals surface area contributed by atoms with Crippen molar-refractivity contribution in [1.29, 1.82) is 0 Å². The second-order valence-corrected chi connectivity index (χ2v) is 10.00. The highest BCUT2D eigenvalue weighted by atomic mass is 32.2. The summed E-state index contributed by atoms with van der Waals surface area (Å²) in [4.78, 5) is 0.268. The van der Waals surface area contributed by atoms with E-state index in [4.69, 9.17) is 0 Å². The molecule has 0 bridgehead atoms. The molecule has 0 radical (unpaired) electrons. The van der Waals surface area contributed by atoms with Crippen molar-refractivity contribution in [1.82, 2.24) is 4.41 Å². The minimum Gasteiger partial charge on any atom is -0.200 e. The summed E-state index contributed by atoms with van der Waals surface area (Å²) in [7, 11) is -3.77. The third kappa shape index (κ3) is 3.80. The molecule has 0 fully saturated rings. The fourth-order valence-electron chi connectivity index (χ4n) is 4.29. The molecule has 0 saturated heterocycles. The van der Waals surface area contributed by atoms with Gasteiger partial charge in [-0.2, -0.15) is 17.9 Å². The van der Waals surface area contributed by atoms with Crippen molar-refractivity contribution < 1.29 is 8.42 Å². The second-order valence-electron chi connectivity index (χ2n) is 8.20. The fraction of sp³-hybridized carbons (Fsp3) is 0.148. The SMILES string of the molecule is Cc1ccc(S(=O)(=O)N2N=C(c3ccccc3)CC2Cc2cccc3ccccc23)cc1. The summed E-state index contributed by atoms with van der Waals surface area (Å²) in [6, 6.07) is 30.9. The van der Waals surface area contributed by atoms with Crippen LogP contribution in [-0.4, -0.2) is 24.6 Å². The Morgan fingerprint density at radius 3 is 2.31 bits per heavy atom. The molecule has 1 aliphatic heterocycles. The highest BCUT2D eigenvalue weighted by molar-refractivity contribution is 7.89. The molecule has 4 aromatic carbocycles. The average molecular weight is 441 g/mol. The Bertz CT molecular complexity index is 1390. The van der Waals surface area contributed by atoms with Gasteiger partial charge in [-0.05, 0) is 47.4 Å². The van der Waals surface area contributed by atoms with Crippen LogP contribution in [-0.2, 0) is 16.4 Å². The minimum atomic E-state index is -3.77. The Balaban J connectivity index is 1.56. The van der Waals surface area contributed by atoms with Gasteiger partial charge in [-0.1, -0.05) is 90.5 Å². The number of hydrogen-bond donors (Lipinski definition) is 0. The van der Waals surface area contributed by atoms with Gasteiger partial charge in [0.1, 0.15) is 0 Å². The number of hydrogen-bond acceptors (Lipinski definition) is 3. The van der Waals surface area contributed by atoms with Crippen LogP contribution in [0.1, 0.15) is 23.1 Å². The van der Waals surface area contributed by atoms with Crippen LogP contribution in [0.15, 0.2) is 107 Å². The molecule has 0 N–H and O–H groups in total. The van der Waals surface area contributed by atoms with Gasteiger partial charge in [-0.25, -0.2) is 0 Å². The topological polar surface area (TPSA) is 49.7 Å². The molecule has 1 heterocycles. The van der Waals surface area contributed by atoms with Crippen molar-refractivity contribution in [3.8, 4) is 0 Å². The Morgan fingerprint density at radius 1 is 0.844 bits per heavy atom. The first-order chi connectivity index (χ1) is 15.5.